The number of fused-ring (bicyclic) bond motifs is 3. The molecule has 0 spiro atoms. The third-order valence-corrected chi connectivity index (χ3v) is 12.3. The van der Waals surface area contributed by atoms with Crippen LogP contribution in [-0.4, -0.2) is 59.1 Å². The number of amides is 1. The Balaban J connectivity index is 1.30. The van der Waals surface area contributed by atoms with Crippen LogP contribution < -0.4 is 19.1 Å². The second-order valence-electron chi connectivity index (χ2n) is 12.5. The quantitative estimate of drug-likeness (QED) is 0.238. The van der Waals surface area contributed by atoms with Crippen molar-refractivity contribution in [3.8, 4) is 22.6 Å². The fourth-order valence-electron chi connectivity index (χ4n) is 7.28. The van der Waals surface area contributed by atoms with Crippen LogP contribution in [0.25, 0.3) is 11.1 Å². The van der Waals surface area contributed by atoms with E-state index < -0.39 is 16.1 Å². The molecular weight excluding hydrogens is 645 g/mol. The van der Waals surface area contributed by atoms with Crippen LogP contribution in [0, 0.1) is 5.92 Å². The van der Waals surface area contributed by atoms with Crippen molar-refractivity contribution >= 4 is 44.8 Å². The van der Waals surface area contributed by atoms with Gasteiger partial charge in [-0.25, -0.2) is 8.42 Å². The lowest BCUT2D eigenvalue weighted by atomic mass is 9.83. The lowest BCUT2D eigenvalue weighted by Crippen LogP contribution is -2.43. The van der Waals surface area contributed by atoms with Crippen molar-refractivity contribution in [3.05, 3.63) is 70.2 Å². The van der Waals surface area contributed by atoms with E-state index in [-0.39, 0.29) is 33.3 Å². The molecule has 0 aromatic heterocycles. The first-order chi connectivity index (χ1) is 22.2. The number of sulfonamides is 1. The Labute approximate surface area is 282 Å². The van der Waals surface area contributed by atoms with Crippen molar-refractivity contribution in [1.29, 1.82) is 0 Å². The van der Waals surface area contributed by atoms with Crippen LogP contribution >= 0.6 is 23.2 Å². The van der Waals surface area contributed by atoms with Crippen molar-refractivity contribution in [1.82, 2.24) is 10.2 Å². The van der Waals surface area contributed by atoms with Crippen LogP contribution in [0.5, 0.6) is 11.5 Å². The van der Waals surface area contributed by atoms with E-state index >= 15 is 0 Å². The predicted octanol–water partition coefficient (Wildman–Crippen LogP) is 7.48. The zero-order chi connectivity index (χ0) is 32.4. The summed E-state index contributed by atoms with van der Waals surface area (Å²) in [6.07, 6.45) is 7.76. The van der Waals surface area contributed by atoms with Crippen molar-refractivity contribution < 1.29 is 22.7 Å². The van der Waals surface area contributed by atoms with Crippen LogP contribution in [0.1, 0.15) is 63.0 Å². The minimum Gasteiger partial charge on any atom is -0.497 e. The lowest BCUT2D eigenvalue weighted by Gasteiger charge is -2.40. The molecule has 11 heteroatoms. The normalized spacial score (nSPS) is 21.4. The molecule has 2 aliphatic heterocycles. The molecule has 6 rings (SSSR count). The maximum atomic E-state index is 14.5. The van der Waals surface area contributed by atoms with Gasteiger partial charge in [-0.05, 0) is 106 Å². The average molecular weight is 687 g/mol. The van der Waals surface area contributed by atoms with Gasteiger partial charge in [-0.3, -0.25) is 9.10 Å². The molecule has 1 saturated carbocycles. The summed E-state index contributed by atoms with van der Waals surface area (Å²) in [6, 6.07) is 14.3. The van der Waals surface area contributed by atoms with Gasteiger partial charge < -0.3 is 19.7 Å². The van der Waals surface area contributed by atoms with E-state index in [1.165, 1.54) is 61.4 Å². The number of benzene rings is 3. The third-order valence-electron chi connectivity index (χ3n) is 9.71. The zero-order valence-electron chi connectivity index (χ0n) is 26.3. The van der Waals surface area contributed by atoms with Gasteiger partial charge in [-0.2, -0.15) is 0 Å². The summed E-state index contributed by atoms with van der Waals surface area (Å²) in [5.74, 6) is 1.51. The molecule has 8 nitrogen and oxygen atoms in total. The second-order valence-corrected chi connectivity index (χ2v) is 15.2. The topological polar surface area (TPSA) is 88.2 Å². The van der Waals surface area contributed by atoms with E-state index in [4.69, 9.17) is 32.7 Å². The number of carbonyl (C=O) groups is 1. The number of anilines is 1. The molecule has 1 unspecified atom stereocenters. The van der Waals surface area contributed by atoms with Gasteiger partial charge in [0.05, 0.1) is 47.3 Å². The van der Waals surface area contributed by atoms with E-state index in [0.717, 1.165) is 31.2 Å². The number of likely N-dealkylation sites (tertiary alicyclic amines) is 1. The van der Waals surface area contributed by atoms with Crippen molar-refractivity contribution in [2.45, 2.75) is 68.3 Å². The molecule has 46 heavy (non-hydrogen) atoms. The Bertz CT molecular complexity index is 1690. The molecule has 246 valence electrons. The average Bonchev–Trinajstić information content (AvgIpc) is 3.59. The van der Waals surface area contributed by atoms with Crippen molar-refractivity contribution in [2.24, 2.45) is 5.92 Å². The minimum atomic E-state index is -4.22. The molecule has 0 bridgehead atoms. The molecule has 1 atom stereocenters. The fraction of sp³-hybridized carbons (Fsp3) is 0.457. The Morgan fingerprint density at radius 3 is 2.37 bits per heavy atom. The van der Waals surface area contributed by atoms with Gasteiger partial charge in [0.15, 0.2) is 0 Å². The number of nitrogens with zero attached hydrogens (tertiary/aromatic N) is 2. The fourth-order valence-corrected chi connectivity index (χ4v) is 9.32. The summed E-state index contributed by atoms with van der Waals surface area (Å²) >= 11 is 12.5. The van der Waals surface area contributed by atoms with Crippen LogP contribution in [-0.2, 0) is 14.8 Å². The van der Waals surface area contributed by atoms with Gasteiger partial charge in [-0.1, -0.05) is 41.4 Å². The van der Waals surface area contributed by atoms with E-state index in [1.807, 2.05) is 12.1 Å². The first-order valence-electron chi connectivity index (χ1n) is 16.1. The minimum absolute atomic E-state index is 0.0207. The van der Waals surface area contributed by atoms with E-state index in [0.29, 0.717) is 34.2 Å². The first kappa shape index (κ1) is 32.9. The highest BCUT2D eigenvalue weighted by atomic mass is 35.5. The summed E-state index contributed by atoms with van der Waals surface area (Å²) < 4.78 is 41.8. The van der Waals surface area contributed by atoms with Gasteiger partial charge in [0, 0.05) is 23.2 Å². The summed E-state index contributed by atoms with van der Waals surface area (Å²) in [5.41, 5.74) is 2.47. The highest BCUT2D eigenvalue weighted by Gasteiger charge is 2.42. The molecule has 2 heterocycles. The van der Waals surface area contributed by atoms with E-state index in [2.05, 4.69) is 10.2 Å². The number of rotatable bonds is 10. The van der Waals surface area contributed by atoms with Gasteiger partial charge >= 0.3 is 0 Å². The monoisotopic (exact) mass is 685 g/mol. The summed E-state index contributed by atoms with van der Waals surface area (Å²) in [5, 5.41) is 3.63. The maximum Gasteiger partial charge on any atom is 0.264 e. The smallest absolute Gasteiger partial charge is 0.264 e. The second kappa shape index (κ2) is 14.0. The van der Waals surface area contributed by atoms with Gasteiger partial charge in [0.25, 0.3) is 10.0 Å². The number of nitrogens with one attached hydrogen (secondary N) is 1. The Morgan fingerprint density at radius 2 is 1.67 bits per heavy atom. The number of hydrogen-bond donors (Lipinski definition) is 1. The number of ether oxygens (including phenoxy) is 2. The van der Waals surface area contributed by atoms with Crippen molar-refractivity contribution in [2.75, 3.05) is 38.2 Å². The summed E-state index contributed by atoms with van der Waals surface area (Å²) in [7, 11) is -1.10. The molecule has 1 saturated heterocycles. The molecule has 0 radical (unpaired) electrons. The van der Waals surface area contributed by atoms with Crippen LogP contribution in [0.3, 0.4) is 0 Å². The van der Waals surface area contributed by atoms with Gasteiger partial charge in [0.1, 0.15) is 11.5 Å². The Kier molecular flexibility index (Phi) is 10.0. The summed E-state index contributed by atoms with van der Waals surface area (Å²) in [4.78, 5) is 16.4. The molecule has 3 aromatic rings. The van der Waals surface area contributed by atoms with Crippen LogP contribution in [0.15, 0.2) is 59.5 Å². The molecule has 1 N–H and O–H groups in total. The highest BCUT2D eigenvalue weighted by molar-refractivity contribution is 7.92. The number of carbonyl (C=O) groups excluding carboxylic acids is 1. The van der Waals surface area contributed by atoms with Crippen molar-refractivity contribution in [3.63, 3.8) is 0 Å². The molecule has 3 aliphatic rings. The Morgan fingerprint density at radius 1 is 0.935 bits per heavy atom. The molecule has 1 aliphatic carbocycles. The number of para-hydroxylation sites is 1. The molecule has 3 aromatic carbocycles. The predicted molar refractivity (Wildman–Crippen MR) is 183 cm³/mol. The number of hydrogen-bond acceptors (Lipinski definition) is 6. The van der Waals surface area contributed by atoms with E-state index in [1.54, 1.807) is 38.5 Å². The number of methoxy groups -OCH3 is 2. The number of halogens is 2. The highest BCUT2D eigenvalue weighted by Crippen LogP contribution is 2.53. The standard InChI is InChI=1S/C35H41Cl2N3O5S/c1-44-25-19-28-32(22-34(41)38-24-11-9-23(10-12-24)15-18-39-16-5-6-17-39)40(46(42,43)26-13-14-29(36)30(37)21-26)31-8-4-3-7-27(31)35(28)33(20-25)45-2/h3-4,7-8,13-14,19-21,23-24,32H,5-6,9-12,15-18,22H2,1-2H3,(H,38,41)/t23-,24-,32?. The third kappa shape index (κ3) is 6.70. The van der Waals surface area contributed by atoms with Crippen LogP contribution in [0.4, 0.5) is 5.69 Å². The van der Waals surface area contributed by atoms with Gasteiger partial charge in [-0.15, -0.1) is 0 Å². The largest absolute Gasteiger partial charge is 0.497 e. The molecule has 1 amide bonds. The SMILES string of the molecule is COc1cc(OC)c2c(c1)C(CC(=O)N[C@H]1CC[C@H](CCN3CCCC3)CC1)N(S(=O)(=O)c1ccc(Cl)c(Cl)c1)c1ccccc1-2. The van der Waals surface area contributed by atoms with E-state index in [9.17, 15) is 13.2 Å². The molecule has 2 fully saturated rings. The maximum absolute atomic E-state index is 14.5. The van der Waals surface area contributed by atoms with Gasteiger partial charge in [0.2, 0.25) is 5.91 Å². The summed E-state index contributed by atoms with van der Waals surface area (Å²) in [6.45, 7) is 3.60. The zero-order valence-corrected chi connectivity index (χ0v) is 28.6. The first-order valence-corrected chi connectivity index (χ1v) is 18.3. The lowest BCUT2D eigenvalue weighted by molar-refractivity contribution is -0.122. The molecular formula is C35H41Cl2N3O5S. The van der Waals surface area contributed by atoms with Crippen LogP contribution in [0.2, 0.25) is 10.0 Å². The Hall–Kier alpha value is -2.98.